The lowest BCUT2D eigenvalue weighted by Crippen LogP contribution is -2.05. The number of hydrogen-bond acceptors (Lipinski definition) is 4. The van der Waals surface area contributed by atoms with Crippen LogP contribution in [0.4, 0.5) is 5.82 Å². The molecule has 0 aliphatic carbocycles. The van der Waals surface area contributed by atoms with Gasteiger partial charge in [-0.25, -0.2) is 9.97 Å². The third-order valence-corrected chi connectivity index (χ3v) is 3.30. The van der Waals surface area contributed by atoms with Gasteiger partial charge in [-0.1, -0.05) is 19.1 Å². The van der Waals surface area contributed by atoms with Gasteiger partial charge in [-0.05, 0) is 41.4 Å². The number of halogens is 1. The molecule has 0 spiro atoms. The molecule has 0 radical (unpaired) electrons. The Hall–Kier alpha value is -1.62. The highest BCUT2D eigenvalue weighted by molar-refractivity contribution is 9.10. The fourth-order valence-electron chi connectivity index (χ4n) is 1.75. The number of aromatic nitrogens is 2. The minimum atomic E-state index is 0.598. The summed E-state index contributed by atoms with van der Waals surface area (Å²) in [7, 11) is 0. The first kappa shape index (κ1) is 13.8. The molecule has 2 rings (SSSR count). The molecule has 0 unspecified atom stereocenters. The summed E-state index contributed by atoms with van der Waals surface area (Å²) < 4.78 is 6.78. The van der Waals surface area contributed by atoms with Gasteiger partial charge in [0.1, 0.15) is 17.9 Å². The van der Waals surface area contributed by atoms with Crippen molar-refractivity contribution >= 4 is 21.7 Å². The summed E-state index contributed by atoms with van der Waals surface area (Å²) in [5, 5.41) is 3.23. The fourth-order valence-corrected chi connectivity index (χ4v) is 2.12. The van der Waals surface area contributed by atoms with E-state index in [0.717, 1.165) is 34.6 Å². The van der Waals surface area contributed by atoms with E-state index in [9.17, 15) is 0 Å². The van der Waals surface area contributed by atoms with Gasteiger partial charge in [-0.15, -0.1) is 0 Å². The molecule has 5 heteroatoms. The van der Waals surface area contributed by atoms with Crippen molar-refractivity contribution in [3.63, 3.8) is 0 Å². The minimum absolute atomic E-state index is 0.598. The van der Waals surface area contributed by atoms with Crippen LogP contribution in [0.25, 0.3) is 0 Å². The highest BCUT2D eigenvalue weighted by Crippen LogP contribution is 2.31. The van der Waals surface area contributed by atoms with Crippen LogP contribution in [-0.4, -0.2) is 16.5 Å². The molecule has 0 aliphatic heterocycles. The van der Waals surface area contributed by atoms with E-state index in [1.807, 2.05) is 31.2 Å². The third kappa shape index (κ3) is 3.23. The Morgan fingerprint density at radius 2 is 2.00 bits per heavy atom. The molecule has 0 amide bonds. The van der Waals surface area contributed by atoms with E-state index in [1.165, 1.54) is 6.33 Å². The van der Waals surface area contributed by atoms with Crippen molar-refractivity contribution in [2.45, 2.75) is 20.3 Å². The fraction of sp³-hybridized carbons (Fsp3) is 0.286. The summed E-state index contributed by atoms with van der Waals surface area (Å²) >= 11 is 3.47. The van der Waals surface area contributed by atoms with Crippen LogP contribution >= 0.6 is 15.9 Å². The van der Waals surface area contributed by atoms with Crippen molar-refractivity contribution in [1.29, 1.82) is 0 Å². The van der Waals surface area contributed by atoms with Gasteiger partial charge in [0.2, 0.25) is 5.88 Å². The SMILES string of the molecule is CCNc1ncnc(Oc2ccccc2Br)c1CC. The molecular formula is C14H16BrN3O. The number of nitrogens with one attached hydrogen (secondary N) is 1. The summed E-state index contributed by atoms with van der Waals surface area (Å²) in [5.74, 6) is 2.18. The van der Waals surface area contributed by atoms with E-state index >= 15 is 0 Å². The summed E-state index contributed by atoms with van der Waals surface area (Å²) in [5.41, 5.74) is 0.986. The van der Waals surface area contributed by atoms with Crippen LogP contribution in [-0.2, 0) is 6.42 Å². The first-order valence-corrected chi connectivity index (χ1v) is 7.05. The second-order valence-electron chi connectivity index (χ2n) is 3.92. The van der Waals surface area contributed by atoms with Gasteiger partial charge in [0, 0.05) is 6.54 Å². The molecule has 1 N–H and O–H groups in total. The van der Waals surface area contributed by atoms with Crippen LogP contribution in [0, 0.1) is 0 Å². The van der Waals surface area contributed by atoms with E-state index in [4.69, 9.17) is 4.74 Å². The summed E-state index contributed by atoms with van der Waals surface area (Å²) in [4.78, 5) is 8.48. The number of hydrogen-bond donors (Lipinski definition) is 1. The van der Waals surface area contributed by atoms with Crippen LogP contribution in [0.1, 0.15) is 19.4 Å². The maximum absolute atomic E-state index is 5.88. The number of nitrogens with zero attached hydrogens (tertiary/aromatic N) is 2. The van der Waals surface area contributed by atoms with E-state index in [2.05, 4.69) is 38.1 Å². The summed E-state index contributed by atoms with van der Waals surface area (Å²) in [6, 6.07) is 7.71. The van der Waals surface area contributed by atoms with Crippen molar-refractivity contribution in [1.82, 2.24) is 9.97 Å². The summed E-state index contributed by atoms with van der Waals surface area (Å²) in [6.07, 6.45) is 2.33. The molecule has 19 heavy (non-hydrogen) atoms. The molecule has 2 aromatic rings. The minimum Gasteiger partial charge on any atom is -0.437 e. The van der Waals surface area contributed by atoms with Gasteiger partial charge >= 0.3 is 0 Å². The third-order valence-electron chi connectivity index (χ3n) is 2.65. The molecule has 4 nitrogen and oxygen atoms in total. The van der Waals surface area contributed by atoms with Gasteiger partial charge < -0.3 is 10.1 Å². The highest BCUT2D eigenvalue weighted by Gasteiger charge is 2.12. The largest absolute Gasteiger partial charge is 0.437 e. The topological polar surface area (TPSA) is 47.0 Å². The van der Waals surface area contributed by atoms with Gasteiger partial charge in [-0.3, -0.25) is 0 Å². The van der Waals surface area contributed by atoms with Gasteiger partial charge in [0.15, 0.2) is 0 Å². The average Bonchev–Trinajstić information content (AvgIpc) is 2.42. The average molecular weight is 322 g/mol. The number of ether oxygens (including phenoxy) is 1. The Balaban J connectivity index is 2.35. The monoisotopic (exact) mass is 321 g/mol. The molecule has 0 atom stereocenters. The maximum Gasteiger partial charge on any atom is 0.227 e. The number of para-hydroxylation sites is 1. The lowest BCUT2D eigenvalue weighted by molar-refractivity contribution is 0.453. The number of rotatable bonds is 5. The molecule has 0 saturated carbocycles. The molecular weight excluding hydrogens is 306 g/mol. The number of anilines is 1. The first-order chi connectivity index (χ1) is 9.26. The molecule has 0 fully saturated rings. The second kappa shape index (κ2) is 6.52. The Labute approximate surface area is 121 Å². The Morgan fingerprint density at radius 3 is 2.68 bits per heavy atom. The van der Waals surface area contributed by atoms with Crippen molar-refractivity contribution < 1.29 is 4.74 Å². The van der Waals surface area contributed by atoms with Crippen LogP contribution in [0.15, 0.2) is 35.1 Å². The zero-order valence-corrected chi connectivity index (χ0v) is 12.6. The van der Waals surface area contributed by atoms with Crippen molar-refractivity contribution in [2.24, 2.45) is 0 Å². The predicted octanol–water partition coefficient (Wildman–Crippen LogP) is 4.03. The highest BCUT2D eigenvalue weighted by atomic mass is 79.9. The Kier molecular flexibility index (Phi) is 4.74. The number of benzene rings is 1. The van der Waals surface area contributed by atoms with Crippen LogP contribution in [0.3, 0.4) is 0 Å². The Bertz CT molecular complexity index is 560. The quantitative estimate of drug-likeness (QED) is 0.903. The van der Waals surface area contributed by atoms with Gasteiger partial charge in [-0.2, -0.15) is 0 Å². The van der Waals surface area contributed by atoms with E-state index in [-0.39, 0.29) is 0 Å². The molecule has 0 bridgehead atoms. The maximum atomic E-state index is 5.88. The molecule has 1 aromatic carbocycles. The smallest absolute Gasteiger partial charge is 0.227 e. The molecule has 0 saturated heterocycles. The molecule has 1 aromatic heterocycles. The molecule has 0 aliphatic rings. The lowest BCUT2D eigenvalue weighted by atomic mass is 10.2. The van der Waals surface area contributed by atoms with Crippen molar-refractivity contribution in [3.05, 3.63) is 40.6 Å². The van der Waals surface area contributed by atoms with Crippen molar-refractivity contribution in [3.8, 4) is 11.6 Å². The lowest BCUT2D eigenvalue weighted by Gasteiger charge is -2.13. The van der Waals surface area contributed by atoms with E-state index < -0.39 is 0 Å². The van der Waals surface area contributed by atoms with Crippen LogP contribution < -0.4 is 10.1 Å². The van der Waals surface area contributed by atoms with Crippen LogP contribution in [0.5, 0.6) is 11.6 Å². The van der Waals surface area contributed by atoms with Crippen LogP contribution in [0.2, 0.25) is 0 Å². The zero-order chi connectivity index (χ0) is 13.7. The van der Waals surface area contributed by atoms with E-state index in [0.29, 0.717) is 5.88 Å². The standard InChI is InChI=1S/C14H16BrN3O/c1-3-10-13(16-4-2)17-9-18-14(10)19-12-8-6-5-7-11(12)15/h5-9H,3-4H2,1-2H3,(H,16,17,18). The molecule has 100 valence electrons. The Morgan fingerprint density at radius 1 is 1.21 bits per heavy atom. The second-order valence-corrected chi connectivity index (χ2v) is 4.78. The predicted molar refractivity (Wildman–Crippen MR) is 79.8 cm³/mol. The van der Waals surface area contributed by atoms with E-state index in [1.54, 1.807) is 0 Å². The van der Waals surface area contributed by atoms with Gasteiger partial charge in [0.25, 0.3) is 0 Å². The zero-order valence-electron chi connectivity index (χ0n) is 11.0. The summed E-state index contributed by atoms with van der Waals surface area (Å²) in [6.45, 7) is 4.92. The van der Waals surface area contributed by atoms with Crippen molar-refractivity contribution in [2.75, 3.05) is 11.9 Å². The molecule has 1 heterocycles. The normalized spacial score (nSPS) is 10.3. The first-order valence-electron chi connectivity index (χ1n) is 6.26. The van der Waals surface area contributed by atoms with Gasteiger partial charge in [0.05, 0.1) is 10.0 Å².